The number of morpholine rings is 1. The fourth-order valence-electron chi connectivity index (χ4n) is 4.31. The van der Waals surface area contributed by atoms with Crippen molar-refractivity contribution in [2.24, 2.45) is 0 Å². The van der Waals surface area contributed by atoms with Crippen LogP contribution in [0.3, 0.4) is 0 Å². The van der Waals surface area contributed by atoms with E-state index in [1.807, 2.05) is 36.4 Å². The third-order valence-corrected chi connectivity index (χ3v) is 6.37. The van der Waals surface area contributed by atoms with Crippen LogP contribution >= 0.6 is 0 Å². The zero-order valence-electron chi connectivity index (χ0n) is 21.9. The SMILES string of the molecule is COc1cccc(CN(Cc2cccc(OC)c2)c2ccc(OCCOCCN3CCOCC3)cc2)c1. The Morgan fingerprint density at radius 2 is 1.35 bits per heavy atom. The van der Waals surface area contributed by atoms with Crippen LogP contribution in [0.15, 0.2) is 72.8 Å². The van der Waals surface area contributed by atoms with Gasteiger partial charge in [0.05, 0.1) is 40.6 Å². The fraction of sp³-hybridized carbons (Fsp3) is 0.400. The summed E-state index contributed by atoms with van der Waals surface area (Å²) < 4.78 is 27.9. The van der Waals surface area contributed by atoms with Gasteiger partial charge in [0.25, 0.3) is 0 Å². The summed E-state index contributed by atoms with van der Waals surface area (Å²) in [5.41, 5.74) is 3.47. The molecule has 1 heterocycles. The predicted octanol–water partition coefficient (Wildman–Crippen LogP) is 4.64. The van der Waals surface area contributed by atoms with Crippen molar-refractivity contribution in [3.8, 4) is 17.2 Å². The molecule has 4 rings (SSSR count). The molecule has 3 aromatic rings. The van der Waals surface area contributed by atoms with Crippen LogP contribution in [0.5, 0.6) is 17.2 Å². The number of hydrogen-bond donors (Lipinski definition) is 0. The third-order valence-electron chi connectivity index (χ3n) is 6.37. The van der Waals surface area contributed by atoms with E-state index in [0.29, 0.717) is 19.8 Å². The van der Waals surface area contributed by atoms with Crippen molar-refractivity contribution in [1.82, 2.24) is 4.90 Å². The number of methoxy groups -OCH3 is 2. The molecule has 0 unspecified atom stereocenters. The lowest BCUT2D eigenvalue weighted by Crippen LogP contribution is -2.38. The summed E-state index contributed by atoms with van der Waals surface area (Å²) in [6.07, 6.45) is 0. The molecule has 0 amide bonds. The van der Waals surface area contributed by atoms with E-state index < -0.39 is 0 Å². The molecular weight excluding hydrogens is 468 g/mol. The van der Waals surface area contributed by atoms with Crippen LogP contribution in [-0.2, 0) is 22.6 Å². The summed E-state index contributed by atoms with van der Waals surface area (Å²) in [6, 6.07) is 24.6. The molecule has 0 bridgehead atoms. The molecule has 0 aliphatic carbocycles. The van der Waals surface area contributed by atoms with Crippen LogP contribution < -0.4 is 19.1 Å². The molecule has 0 N–H and O–H groups in total. The van der Waals surface area contributed by atoms with Crippen molar-refractivity contribution >= 4 is 5.69 Å². The third kappa shape index (κ3) is 8.67. The van der Waals surface area contributed by atoms with Crippen LogP contribution in [0.4, 0.5) is 5.69 Å². The summed E-state index contributed by atoms with van der Waals surface area (Å²) in [4.78, 5) is 4.70. The second-order valence-corrected chi connectivity index (χ2v) is 8.97. The first kappa shape index (κ1) is 26.8. The predicted molar refractivity (Wildman–Crippen MR) is 146 cm³/mol. The fourth-order valence-corrected chi connectivity index (χ4v) is 4.31. The molecule has 1 fully saturated rings. The van der Waals surface area contributed by atoms with E-state index >= 15 is 0 Å². The van der Waals surface area contributed by atoms with Gasteiger partial charge in [-0.1, -0.05) is 24.3 Å². The Balaban J connectivity index is 1.33. The van der Waals surface area contributed by atoms with E-state index in [1.165, 1.54) is 11.1 Å². The number of rotatable bonds is 14. The minimum absolute atomic E-state index is 0.528. The van der Waals surface area contributed by atoms with Crippen molar-refractivity contribution < 1.29 is 23.7 Å². The second-order valence-electron chi connectivity index (χ2n) is 8.97. The smallest absolute Gasteiger partial charge is 0.119 e. The molecule has 7 heteroatoms. The van der Waals surface area contributed by atoms with Gasteiger partial charge in [-0.2, -0.15) is 0 Å². The van der Waals surface area contributed by atoms with Crippen LogP contribution in [0.25, 0.3) is 0 Å². The van der Waals surface area contributed by atoms with E-state index in [9.17, 15) is 0 Å². The molecule has 3 aromatic carbocycles. The maximum atomic E-state index is 5.92. The van der Waals surface area contributed by atoms with Gasteiger partial charge in [-0.05, 0) is 59.7 Å². The van der Waals surface area contributed by atoms with Crippen LogP contribution in [0.2, 0.25) is 0 Å². The van der Waals surface area contributed by atoms with Gasteiger partial charge < -0.3 is 28.6 Å². The molecular formula is C30H38N2O5. The zero-order valence-corrected chi connectivity index (χ0v) is 21.9. The van der Waals surface area contributed by atoms with E-state index in [1.54, 1.807) is 14.2 Å². The van der Waals surface area contributed by atoms with Crippen LogP contribution in [-0.4, -0.2) is 71.8 Å². The Labute approximate surface area is 220 Å². The highest BCUT2D eigenvalue weighted by Gasteiger charge is 2.12. The molecule has 1 aliphatic rings. The average Bonchev–Trinajstić information content (AvgIpc) is 2.95. The van der Waals surface area contributed by atoms with Crippen molar-refractivity contribution in [2.75, 3.05) is 71.8 Å². The second kappa shape index (κ2) is 14.5. The van der Waals surface area contributed by atoms with Gasteiger partial charge in [0, 0.05) is 38.4 Å². The highest BCUT2D eigenvalue weighted by atomic mass is 16.5. The lowest BCUT2D eigenvalue weighted by molar-refractivity contribution is 0.0170. The lowest BCUT2D eigenvalue weighted by Gasteiger charge is -2.26. The lowest BCUT2D eigenvalue weighted by atomic mass is 10.1. The van der Waals surface area contributed by atoms with Gasteiger partial charge in [0.15, 0.2) is 0 Å². The summed E-state index contributed by atoms with van der Waals surface area (Å²) in [6.45, 7) is 7.84. The number of nitrogens with zero attached hydrogens (tertiary/aromatic N) is 2. The summed E-state index contributed by atoms with van der Waals surface area (Å²) in [7, 11) is 3.39. The van der Waals surface area contributed by atoms with E-state index in [4.69, 9.17) is 23.7 Å². The van der Waals surface area contributed by atoms with Crippen molar-refractivity contribution in [2.45, 2.75) is 13.1 Å². The number of anilines is 1. The monoisotopic (exact) mass is 506 g/mol. The maximum Gasteiger partial charge on any atom is 0.119 e. The zero-order chi connectivity index (χ0) is 25.7. The molecule has 0 aromatic heterocycles. The summed E-state index contributed by atoms with van der Waals surface area (Å²) >= 11 is 0. The topological polar surface area (TPSA) is 52.6 Å². The van der Waals surface area contributed by atoms with Gasteiger partial charge in [0.1, 0.15) is 23.9 Å². The molecule has 0 saturated carbocycles. The van der Waals surface area contributed by atoms with Crippen molar-refractivity contribution in [1.29, 1.82) is 0 Å². The van der Waals surface area contributed by atoms with Gasteiger partial charge in [-0.3, -0.25) is 4.90 Å². The van der Waals surface area contributed by atoms with Gasteiger partial charge in [-0.25, -0.2) is 0 Å². The average molecular weight is 507 g/mol. The minimum atomic E-state index is 0.528. The number of benzene rings is 3. The molecule has 0 radical (unpaired) electrons. The maximum absolute atomic E-state index is 5.92. The quantitative estimate of drug-likeness (QED) is 0.295. The molecule has 0 atom stereocenters. The molecule has 1 aliphatic heterocycles. The van der Waals surface area contributed by atoms with Crippen LogP contribution in [0, 0.1) is 0 Å². The Morgan fingerprint density at radius 1 is 0.730 bits per heavy atom. The molecule has 0 spiro atoms. The standard InChI is InChI=1S/C30H38N2O5/c1-33-29-7-3-5-25(21-29)23-32(24-26-6-4-8-30(22-26)34-2)27-9-11-28(12-10-27)37-20-19-36-18-15-31-13-16-35-17-14-31/h3-12,21-22H,13-20,23-24H2,1-2H3. The van der Waals surface area contributed by atoms with Gasteiger partial charge >= 0.3 is 0 Å². The Morgan fingerprint density at radius 3 is 1.95 bits per heavy atom. The minimum Gasteiger partial charge on any atom is -0.497 e. The molecule has 37 heavy (non-hydrogen) atoms. The first-order chi connectivity index (χ1) is 18.2. The Hall–Kier alpha value is -3.26. The van der Waals surface area contributed by atoms with Crippen LogP contribution in [0.1, 0.15) is 11.1 Å². The number of ether oxygens (including phenoxy) is 5. The van der Waals surface area contributed by atoms with Gasteiger partial charge in [-0.15, -0.1) is 0 Å². The highest BCUT2D eigenvalue weighted by molar-refractivity contribution is 5.50. The molecule has 1 saturated heterocycles. The summed E-state index contributed by atoms with van der Waals surface area (Å²) in [5.74, 6) is 2.55. The van der Waals surface area contributed by atoms with Crippen molar-refractivity contribution in [3.63, 3.8) is 0 Å². The van der Waals surface area contributed by atoms with E-state index in [-0.39, 0.29) is 0 Å². The normalized spacial score (nSPS) is 13.8. The Bertz CT molecular complexity index is 1020. The Kier molecular flexibility index (Phi) is 10.5. The van der Waals surface area contributed by atoms with E-state index in [2.05, 4.69) is 46.2 Å². The van der Waals surface area contributed by atoms with E-state index in [0.717, 1.165) is 68.9 Å². The first-order valence-corrected chi connectivity index (χ1v) is 12.8. The van der Waals surface area contributed by atoms with Gasteiger partial charge in [0.2, 0.25) is 0 Å². The highest BCUT2D eigenvalue weighted by Crippen LogP contribution is 2.25. The largest absolute Gasteiger partial charge is 0.497 e. The summed E-state index contributed by atoms with van der Waals surface area (Å²) in [5, 5.41) is 0. The molecule has 7 nitrogen and oxygen atoms in total. The van der Waals surface area contributed by atoms with Crippen molar-refractivity contribution in [3.05, 3.63) is 83.9 Å². The molecule has 198 valence electrons. The number of hydrogen-bond acceptors (Lipinski definition) is 7. The first-order valence-electron chi connectivity index (χ1n) is 12.8.